The Hall–Kier alpha value is -2.16. The summed E-state index contributed by atoms with van der Waals surface area (Å²) in [7, 11) is 0. The Morgan fingerprint density at radius 3 is 3.24 bits per heavy atom. The van der Waals surface area contributed by atoms with Crippen LogP contribution in [0.3, 0.4) is 0 Å². The second-order valence-electron chi connectivity index (χ2n) is 4.85. The summed E-state index contributed by atoms with van der Waals surface area (Å²) in [6, 6.07) is 2.45. The van der Waals surface area contributed by atoms with Crippen molar-refractivity contribution < 1.29 is 0 Å². The maximum absolute atomic E-state index is 9.18. The molecule has 0 bridgehead atoms. The minimum Gasteiger partial charge on any atom is -0.353 e. The van der Waals surface area contributed by atoms with Gasteiger partial charge in [0.2, 0.25) is 0 Å². The Morgan fingerprint density at radius 1 is 1.47 bits per heavy atom. The number of anilines is 1. The molecule has 2 aromatic rings. The maximum atomic E-state index is 9.18. The number of aromatic nitrogens is 4. The summed E-state index contributed by atoms with van der Waals surface area (Å²) in [5.41, 5.74) is 1.43. The molecule has 6 nitrogen and oxygen atoms in total. The molecule has 0 amide bonds. The second-order valence-corrected chi connectivity index (χ2v) is 4.85. The first-order chi connectivity index (χ1) is 8.32. The van der Waals surface area contributed by atoms with Crippen molar-refractivity contribution in [2.75, 3.05) is 18.0 Å². The van der Waals surface area contributed by atoms with Gasteiger partial charge in [0, 0.05) is 13.1 Å². The number of imidazole rings is 1. The first-order valence-corrected chi connectivity index (χ1v) is 5.63. The molecule has 84 valence electrons. The zero-order valence-electron chi connectivity index (χ0n) is 9.09. The predicted octanol–water partition coefficient (Wildman–Crippen LogP) is 0.703. The topological polar surface area (TPSA) is 81.5 Å². The van der Waals surface area contributed by atoms with Gasteiger partial charge in [0.05, 0.1) is 17.8 Å². The van der Waals surface area contributed by atoms with Gasteiger partial charge in [-0.15, -0.1) is 0 Å². The van der Waals surface area contributed by atoms with Crippen LogP contribution in [-0.4, -0.2) is 33.0 Å². The fraction of sp³-hybridized carbons (Fsp3) is 0.455. The Balaban J connectivity index is 1.77. The molecule has 1 N–H and O–H groups in total. The highest BCUT2D eigenvalue weighted by atomic mass is 15.3. The van der Waals surface area contributed by atoms with Gasteiger partial charge >= 0.3 is 0 Å². The van der Waals surface area contributed by atoms with Crippen LogP contribution in [0, 0.1) is 22.7 Å². The van der Waals surface area contributed by atoms with E-state index >= 15 is 0 Å². The molecular weight excluding hydrogens is 216 g/mol. The van der Waals surface area contributed by atoms with Gasteiger partial charge < -0.3 is 9.88 Å². The van der Waals surface area contributed by atoms with E-state index in [0.29, 0.717) is 11.6 Å². The monoisotopic (exact) mass is 226 g/mol. The van der Waals surface area contributed by atoms with E-state index in [4.69, 9.17) is 0 Å². The molecule has 0 spiro atoms. The first kappa shape index (κ1) is 8.93. The average molecular weight is 226 g/mol. The Labute approximate surface area is 97.3 Å². The van der Waals surface area contributed by atoms with Gasteiger partial charge in [-0.1, -0.05) is 0 Å². The summed E-state index contributed by atoms with van der Waals surface area (Å²) in [5.74, 6) is 1.38. The number of aromatic amines is 1. The molecule has 17 heavy (non-hydrogen) atoms. The highest BCUT2D eigenvalue weighted by Gasteiger charge is 2.61. The normalized spacial score (nSPS) is 30.3. The number of nitrogens with zero attached hydrogens (tertiary/aromatic N) is 5. The van der Waals surface area contributed by atoms with Crippen molar-refractivity contribution in [3.63, 3.8) is 0 Å². The number of nitrogens with one attached hydrogen (secondary N) is 1. The lowest BCUT2D eigenvalue weighted by molar-refractivity contribution is 0.692. The summed E-state index contributed by atoms with van der Waals surface area (Å²) in [4.78, 5) is 17.8. The number of nitriles is 1. The van der Waals surface area contributed by atoms with Crippen molar-refractivity contribution in [1.82, 2.24) is 19.9 Å². The van der Waals surface area contributed by atoms with Crippen LogP contribution in [-0.2, 0) is 0 Å². The third-order valence-electron chi connectivity index (χ3n) is 3.87. The van der Waals surface area contributed by atoms with E-state index in [1.54, 1.807) is 6.33 Å². The number of hydrogen-bond donors (Lipinski definition) is 1. The highest BCUT2D eigenvalue weighted by Crippen LogP contribution is 2.57. The number of hydrogen-bond acceptors (Lipinski definition) is 5. The molecule has 2 unspecified atom stereocenters. The van der Waals surface area contributed by atoms with E-state index in [9.17, 15) is 5.26 Å². The molecule has 2 fully saturated rings. The number of H-pyrrole nitrogens is 1. The molecule has 1 saturated carbocycles. The summed E-state index contributed by atoms with van der Waals surface area (Å²) < 4.78 is 0. The van der Waals surface area contributed by atoms with E-state index in [1.807, 2.05) is 0 Å². The Kier molecular flexibility index (Phi) is 1.44. The summed E-state index contributed by atoms with van der Waals surface area (Å²) >= 11 is 0. The number of piperidine rings is 1. The summed E-state index contributed by atoms with van der Waals surface area (Å²) in [6.07, 6.45) is 4.19. The molecule has 1 saturated heterocycles. The highest BCUT2D eigenvalue weighted by molar-refractivity contribution is 5.83. The molecule has 0 radical (unpaired) electrons. The van der Waals surface area contributed by atoms with E-state index in [2.05, 4.69) is 30.9 Å². The fourth-order valence-electron chi connectivity index (χ4n) is 2.81. The van der Waals surface area contributed by atoms with Gasteiger partial charge in [0.15, 0.2) is 11.5 Å². The summed E-state index contributed by atoms with van der Waals surface area (Å²) in [5, 5.41) is 9.18. The van der Waals surface area contributed by atoms with Crippen LogP contribution < -0.4 is 4.90 Å². The molecular formula is C11H10N6. The Bertz CT molecular complexity index is 641. The van der Waals surface area contributed by atoms with Crippen molar-refractivity contribution in [2.45, 2.75) is 6.42 Å². The minimum atomic E-state index is -0.114. The van der Waals surface area contributed by atoms with Gasteiger partial charge in [-0.2, -0.15) is 5.26 Å². The molecule has 1 aliphatic heterocycles. The van der Waals surface area contributed by atoms with Gasteiger partial charge in [-0.05, 0) is 12.3 Å². The van der Waals surface area contributed by atoms with Crippen LogP contribution in [0.15, 0.2) is 12.7 Å². The van der Waals surface area contributed by atoms with Gasteiger partial charge in [0.25, 0.3) is 0 Å². The quantitative estimate of drug-likeness (QED) is 0.774. The molecule has 3 heterocycles. The minimum absolute atomic E-state index is 0.114. The van der Waals surface area contributed by atoms with Crippen LogP contribution in [0.25, 0.3) is 11.2 Å². The molecule has 2 atom stereocenters. The summed E-state index contributed by atoms with van der Waals surface area (Å²) in [6.45, 7) is 1.69. The second kappa shape index (κ2) is 2.74. The van der Waals surface area contributed by atoms with Crippen LogP contribution in [0.1, 0.15) is 6.42 Å². The number of fused-ring (bicyclic) bond motifs is 2. The maximum Gasteiger partial charge on any atom is 0.182 e. The third kappa shape index (κ3) is 1.06. The zero-order chi connectivity index (χ0) is 11.5. The van der Waals surface area contributed by atoms with Gasteiger partial charge in [-0.3, -0.25) is 0 Å². The third-order valence-corrected chi connectivity index (χ3v) is 3.87. The van der Waals surface area contributed by atoms with E-state index in [1.165, 1.54) is 6.33 Å². The molecule has 2 aliphatic rings. The van der Waals surface area contributed by atoms with E-state index < -0.39 is 0 Å². The van der Waals surface area contributed by atoms with Crippen LogP contribution in [0.2, 0.25) is 0 Å². The molecule has 2 aromatic heterocycles. The first-order valence-electron chi connectivity index (χ1n) is 5.63. The predicted molar refractivity (Wildman–Crippen MR) is 60.0 cm³/mol. The average Bonchev–Trinajstić information content (AvgIpc) is 2.78. The van der Waals surface area contributed by atoms with Crippen molar-refractivity contribution >= 4 is 17.0 Å². The molecule has 0 aromatic carbocycles. The largest absolute Gasteiger partial charge is 0.353 e. The lowest BCUT2D eigenvalue weighted by atomic mass is 10.1. The van der Waals surface area contributed by atoms with Gasteiger partial charge in [-0.25, -0.2) is 15.0 Å². The fourth-order valence-corrected chi connectivity index (χ4v) is 2.81. The number of rotatable bonds is 1. The van der Waals surface area contributed by atoms with Crippen molar-refractivity contribution in [3.8, 4) is 6.07 Å². The molecule has 1 aliphatic carbocycles. The van der Waals surface area contributed by atoms with Crippen molar-refractivity contribution in [3.05, 3.63) is 12.7 Å². The smallest absolute Gasteiger partial charge is 0.182 e. The zero-order valence-corrected chi connectivity index (χ0v) is 9.09. The van der Waals surface area contributed by atoms with Crippen molar-refractivity contribution in [1.29, 1.82) is 5.26 Å². The lowest BCUT2D eigenvalue weighted by Gasteiger charge is -2.19. The molecule has 4 rings (SSSR count). The van der Waals surface area contributed by atoms with Crippen LogP contribution in [0.5, 0.6) is 0 Å². The molecule has 6 heteroatoms. The van der Waals surface area contributed by atoms with Crippen LogP contribution >= 0.6 is 0 Å². The van der Waals surface area contributed by atoms with E-state index in [0.717, 1.165) is 30.8 Å². The SMILES string of the molecule is N#CC12CC1CN(c1ncnc3nc[nH]c13)C2. The van der Waals surface area contributed by atoms with E-state index in [-0.39, 0.29) is 5.41 Å². The lowest BCUT2D eigenvalue weighted by Crippen LogP contribution is -2.25. The Morgan fingerprint density at radius 2 is 2.41 bits per heavy atom. The van der Waals surface area contributed by atoms with Gasteiger partial charge in [0.1, 0.15) is 11.8 Å². The van der Waals surface area contributed by atoms with Crippen molar-refractivity contribution in [2.24, 2.45) is 11.3 Å². The van der Waals surface area contributed by atoms with Crippen LogP contribution in [0.4, 0.5) is 5.82 Å². The standard InChI is InChI=1S/C11H10N6/c12-3-11-1-7(11)2-17(4-11)10-8-9(14-5-13-8)15-6-16-10/h5-7H,1-2,4H2,(H,13,14,15,16).